The average Bonchev–Trinajstić information content (AvgIpc) is 3.76. The second kappa shape index (κ2) is 9.59. The number of nitrogens with zero attached hydrogens (tertiary/aromatic N) is 7. The topological polar surface area (TPSA) is 133 Å². The Morgan fingerprint density at radius 2 is 2.11 bits per heavy atom. The van der Waals surface area contributed by atoms with Crippen LogP contribution in [-0.4, -0.2) is 109 Å². The molecule has 5 aliphatic rings. The van der Waals surface area contributed by atoms with E-state index in [1.807, 2.05) is 24.0 Å². The second-order valence-corrected chi connectivity index (χ2v) is 13.1. The van der Waals surface area contributed by atoms with E-state index in [0.29, 0.717) is 48.1 Å². The Kier molecular flexibility index (Phi) is 5.76. The number of pyridine rings is 1. The highest BCUT2D eigenvalue weighted by Gasteiger charge is 2.52. The van der Waals surface area contributed by atoms with Crippen LogP contribution in [0.1, 0.15) is 37.7 Å². The fourth-order valence-corrected chi connectivity index (χ4v) is 8.68. The smallest absolute Gasteiger partial charge is 0.407 e. The highest BCUT2D eigenvalue weighted by Crippen LogP contribution is 2.46. The molecule has 4 saturated heterocycles. The van der Waals surface area contributed by atoms with Gasteiger partial charge in [-0.05, 0) is 50.8 Å². The van der Waals surface area contributed by atoms with Crippen LogP contribution in [-0.2, 0) is 0 Å². The van der Waals surface area contributed by atoms with Crippen molar-refractivity contribution in [3.05, 3.63) is 29.7 Å². The van der Waals surface area contributed by atoms with Crippen molar-refractivity contribution in [2.24, 2.45) is 0 Å². The van der Waals surface area contributed by atoms with Gasteiger partial charge >= 0.3 is 12.1 Å². The number of amides is 1. The minimum atomic E-state index is -0.959. The molecule has 4 fully saturated rings. The number of nitrogens with one attached hydrogen (secondary N) is 1. The Balaban J connectivity index is 1.22. The van der Waals surface area contributed by atoms with Crippen LogP contribution in [0.2, 0.25) is 0 Å². The van der Waals surface area contributed by atoms with Crippen molar-refractivity contribution >= 4 is 33.7 Å². The molecule has 45 heavy (non-hydrogen) atoms. The molecule has 0 saturated carbocycles. The Bertz CT molecular complexity index is 1890. The number of H-pyrrole nitrogens is 1. The summed E-state index contributed by atoms with van der Waals surface area (Å²) in [5.74, 6) is -0.0357. The molecule has 12 nitrogen and oxygen atoms in total. The van der Waals surface area contributed by atoms with Crippen LogP contribution in [0.3, 0.4) is 0 Å². The van der Waals surface area contributed by atoms with Gasteiger partial charge in [0.2, 0.25) is 5.88 Å². The predicted octanol–water partition coefficient (Wildman–Crippen LogP) is 4.06. The first-order chi connectivity index (χ1) is 21.8. The Hall–Kier alpha value is -4.33. The SMILES string of the molecule is Cc1ccc2[nH]ncc2c1-c1nc2c3c(nc(OC[C@@]45CCCN4C[C@H](F)C5)nc3c1F)N1CC3CCC(C1CO2)N3C(=O)O. The second-order valence-electron chi connectivity index (χ2n) is 13.1. The fraction of sp³-hybridized carbons (Fsp3) is 0.516. The number of fused-ring (bicyclic) bond motifs is 7. The zero-order chi connectivity index (χ0) is 30.6. The van der Waals surface area contributed by atoms with Crippen molar-refractivity contribution in [1.82, 2.24) is 34.9 Å². The molecule has 9 rings (SSSR count). The quantitative estimate of drug-likeness (QED) is 0.345. The number of hydrogen-bond acceptors (Lipinski definition) is 9. The summed E-state index contributed by atoms with van der Waals surface area (Å²) in [6.07, 6.45) is 3.32. The van der Waals surface area contributed by atoms with Gasteiger partial charge in [-0.2, -0.15) is 15.1 Å². The summed E-state index contributed by atoms with van der Waals surface area (Å²) >= 11 is 0. The monoisotopic (exact) mass is 618 g/mol. The van der Waals surface area contributed by atoms with E-state index in [2.05, 4.69) is 20.1 Å². The molecule has 3 unspecified atom stereocenters. The summed E-state index contributed by atoms with van der Waals surface area (Å²) in [5, 5.41) is 18.2. The third-order valence-corrected chi connectivity index (χ3v) is 10.7. The number of anilines is 1. The van der Waals surface area contributed by atoms with Crippen molar-refractivity contribution in [3.63, 3.8) is 0 Å². The molecule has 14 heteroatoms. The van der Waals surface area contributed by atoms with Gasteiger partial charge in [-0.3, -0.25) is 14.9 Å². The Morgan fingerprint density at radius 1 is 1.22 bits per heavy atom. The maximum Gasteiger partial charge on any atom is 0.407 e. The molecule has 2 N–H and O–H groups in total. The van der Waals surface area contributed by atoms with Gasteiger partial charge in [0.25, 0.3) is 0 Å². The zero-order valence-corrected chi connectivity index (χ0v) is 24.7. The molecule has 8 heterocycles. The number of ether oxygens (including phenoxy) is 2. The number of hydrogen-bond donors (Lipinski definition) is 2. The van der Waals surface area contributed by atoms with Gasteiger partial charge in [0.05, 0.1) is 35.4 Å². The minimum Gasteiger partial charge on any atom is -0.475 e. The number of carboxylic acid groups (broad SMARTS) is 1. The van der Waals surface area contributed by atoms with E-state index in [-0.39, 0.29) is 54.4 Å². The summed E-state index contributed by atoms with van der Waals surface area (Å²) in [6.45, 7) is 3.79. The molecule has 0 spiro atoms. The Morgan fingerprint density at radius 3 is 2.98 bits per heavy atom. The largest absolute Gasteiger partial charge is 0.475 e. The van der Waals surface area contributed by atoms with Gasteiger partial charge in [0, 0.05) is 30.5 Å². The van der Waals surface area contributed by atoms with Crippen molar-refractivity contribution in [3.8, 4) is 23.1 Å². The summed E-state index contributed by atoms with van der Waals surface area (Å²) < 4.78 is 44.0. The normalized spacial score (nSPS) is 28.8. The molecule has 234 valence electrons. The summed E-state index contributed by atoms with van der Waals surface area (Å²) in [6, 6.07) is 2.84. The van der Waals surface area contributed by atoms with Crippen molar-refractivity contribution < 1.29 is 28.2 Å². The van der Waals surface area contributed by atoms with Gasteiger partial charge in [-0.15, -0.1) is 0 Å². The molecule has 0 aliphatic carbocycles. The van der Waals surface area contributed by atoms with E-state index in [0.717, 1.165) is 36.9 Å². The first-order valence-corrected chi connectivity index (χ1v) is 15.6. The third kappa shape index (κ3) is 3.87. The first kappa shape index (κ1) is 27.0. The number of alkyl halides is 1. The predicted molar refractivity (Wildman–Crippen MR) is 159 cm³/mol. The molecule has 5 aliphatic heterocycles. The average molecular weight is 619 g/mol. The lowest BCUT2D eigenvalue weighted by Crippen LogP contribution is -2.62. The number of carbonyl (C=O) groups is 1. The molecular formula is C31H32F2N8O4. The van der Waals surface area contributed by atoms with Crippen LogP contribution < -0.4 is 14.4 Å². The lowest BCUT2D eigenvalue weighted by Gasteiger charge is -2.45. The lowest BCUT2D eigenvalue weighted by molar-refractivity contribution is 0.0906. The molecule has 3 aromatic heterocycles. The fourth-order valence-electron chi connectivity index (χ4n) is 8.68. The van der Waals surface area contributed by atoms with Crippen LogP contribution in [0.25, 0.3) is 33.1 Å². The standard InChI is InChI=1S/C31H32F2N8O4/c1-15-3-5-19-18(10-34-38-19)22(15)25-24(33)26-23-27(37-29(36-26)45-14-31-7-2-8-39(31)11-16(32)9-31)40-12-17-4-6-20(41(17)30(42)43)21(40)13-44-28(23)35-25/h3,5,10,16-17,20-21H,2,4,6-9,11-14H2,1H3,(H,34,38)(H,42,43)/t16-,17?,20?,21?,31+/m1/s1. The van der Waals surface area contributed by atoms with Crippen LogP contribution in [0.5, 0.6) is 11.9 Å². The summed E-state index contributed by atoms with van der Waals surface area (Å²) in [7, 11) is 0. The molecule has 2 bridgehead atoms. The van der Waals surface area contributed by atoms with Gasteiger partial charge < -0.3 is 19.5 Å². The van der Waals surface area contributed by atoms with Crippen LogP contribution in [0.15, 0.2) is 18.3 Å². The molecule has 4 aromatic rings. The highest BCUT2D eigenvalue weighted by molar-refractivity contribution is 6.01. The number of aromatic nitrogens is 5. The lowest BCUT2D eigenvalue weighted by atomic mass is 9.95. The van der Waals surface area contributed by atoms with Gasteiger partial charge in [0.15, 0.2) is 5.82 Å². The van der Waals surface area contributed by atoms with Crippen molar-refractivity contribution in [2.45, 2.75) is 68.9 Å². The molecule has 5 atom stereocenters. The molecule has 1 aromatic carbocycles. The van der Waals surface area contributed by atoms with Crippen molar-refractivity contribution in [1.29, 1.82) is 0 Å². The minimum absolute atomic E-state index is 0.00469. The third-order valence-electron chi connectivity index (χ3n) is 10.7. The molecule has 1 amide bonds. The van der Waals surface area contributed by atoms with E-state index >= 15 is 4.39 Å². The van der Waals surface area contributed by atoms with E-state index in [4.69, 9.17) is 19.4 Å². The van der Waals surface area contributed by atoms with E-state index in [1.165, 1.54) is 4.90 Å². The first-order valence-electron chi connectivity index (χ1n) is 15.6. The van der Waals surface area contributed by atoms with E-state index in [9.17, 15) is 14.3 Å². The molecule has 0 radical (unpaired) electrons. The van der Waals surface area contributed by atoms with Crippen LogP contribution in [0.4, 0.5) is 19.4 Å². The number of aromatic amines is 1. The number of halogens is 2. The van der Waals surface area contributed by atoms with Gasteiger partial charge in [-0.25, -0.2) is 18.6 Å². The van der Waals surface area contributed by atoms with Crippen molar-refractivity contribution in [2.75, 3.05) is 37.7 Å². The number of piperazine rings is 1. The summed E-state index contributed by atoms with van der Waals surface area (Å²) in [5.41, 5.74) is 1.75. The number of aryl methyl sites for hydroxylation is 1. The summed E-state index contributed by atoms with van der Waals surface area (Å²) in [4.78, 5) is 32.2. The number of benzene rings is 1. The highest BCUT2D eigenvalue weighted by atomic mass is 19.1. The van der Waals surface area contributed by atoms with Crippen LogP contribution in [0, 0.1) is 12.7 Å². The van der Waals surface area contributed by atoms with Gasteiger partial charge in [-0.1, -0.05) is 6.07 Å². The number of rotatable bonds is 4. The van der Waals surface area contributed by atoms with Crippen LogP contribution >= 0.6 is 0 Å². The maximum atomic E-state index is 16.9. The van der Waals surface area contributed by atoms with E-state index in [1.54, 1.807) is 6.20 Å². The zero-order valence-electron chi connectivity index (χ0n) is 24.7. The Labute approximate surface area is 256 Å². The maximum absolute atomic E-state index is 16.9. The van der Waals surface area contributed by atoms with E-state index < -0.39 is 23.6 Å². The molecular weight excluding hydrogens is 586 g/mol. The van der Waals surface area contributed by atoms with Gasteiger partial charge in [0.1, 0.15) is 41.8 Å².